The number of morpholine rings is 1. The molecule has 4 rings (SSSR count). The first-order valence-electron chi connectivity index (χ1n) is 13.2. The van der Waals surface area contributed by atoms with Crippen LogP contribution in [0.4, 0.5) is 0 Å². The summed E-state index contributed by atoms with van der Waals surface area (Å²) in [5.74, 6) is 1.06. The molecule has 2 heterocycles. The van der Waals surface area contributed by atoms with Crippen molar-refractivity contribution >= 4 is 17.5 Å². The minimum absolute atomic E-state index is 0.0204. The third-order valence-electron chi connectivity index (χ3n) is 7.01. The van der Waals surface area contributed by atoms with Gasteiger partial charge in [-0.15, -0.1) is 0 Å². The van der Waals surface area contributed by atoms with Gasteiger partial charge >= 0.3 is 0 Å². The van der Waals surface area contributed by atoms with E-state index in [1.54, 1.807) is 24.1 Å². The summed E-state index contributed by atoms with van der Waals surface area (Å²) in [5, 5.41) is 6.34. The summed E-state index contributed by atoms with van der Waals surface area (Å²) in [7, 11) is 3.26. The lowest BCUT2D eigenvalue weighted by Crippen LogP contribution is -2.47. The van der Waals surface area contributed by atoms with Crippen LogP contribution in [-0.4, -0.2) is 92.5 Å². The molecule has 0 aliphatic carbocycles. The van der Waals surface area contributed by atoms with Crippen molar-refractivity contribution in [1.82, 2.24) is 14.8 Å². The number of hydrogen-bond donors (Lipinski definition) is 0. The molecule has 204 valence electrons. The number of methoxy groups -OCH3 is 2. The van der Waals surface area contributed by atoms with E-state index in [4.69, 9.17) is 19.3 Å². The number of amides is 2. The molecule has 1 fully saturated rings. The Morgan fingerprint density at radius 3 is 2.18 bits per heavy atom. The van der Waals surface area contributed by atoms with E-state index in [0.29, 0.717) is 32.7 Å². The topological polar surface area (TPSA) is 83.9 Å². The largest absolute Gasteiger partial charge is 0.497 e. The molecular formula is C29H38N4O5. The fourth-order valence-electron chi connectivity index (χ4n) is 4.74. The number of carbonyl (C=O) groups is 2. The maximum absolute atomic E-state index is 13.8. The van der Waals surface area contributed by atoms with Crippen molar-refractivity contribution in [2.45, 2.75) is 26.3 Å². The van der Waals surface area contributed by atoms with Crippen LogP contribution in [0, 0.1) is 5.92 Å². The van der Waals surface area contributed by atoms with Crippen molar-refractivity contribution in [2.75, 3.05) is 60.2 Å². The number of hydrogen-bond acceptors (Lipinski definition) is 7. The molecule has 0 N–H and O–H groups in total. The molecule has 38 heavy (non-hydrogen) atoms. The van der Waals surface area contributed by atoms with Crippen LogP contribution in [0.25, 0.3) is 0 Å². The van der Waals surface area contributed by atoms with Crippen molar-refractivity contribution in [1.29, 1.82) is 0 Å². The second kappa shape index (κ2) is 12.9. The highest BCUT2D eigenvalue weighted by Crippen LogP contribution is 2.34. The van der Waals surface area contributed by atoms with Crippen LogP contribution in [0.3, 0.4) is 0 Å². The molecule has 0 spiro atoms. The van der Waals surface area contributed by atoms with Gasteiger partial charge in [0.1, 0.15) is 18.0 Å². The quantitative estimate of drug-likeness (QED) is 0.477. The summed E-state index contributed by atoms with van der Waals surface area (Å²) < 4.78 is 16.1. The molecule has 0 saturated carbocycles. The van der Waals surface area contributed by atoms with Crippen LogP contribution < -0.4 is 9.47 Å². The first-order chi connectivity index (χ1) is 18.4. The van der Waals surface area contributed by atoms with Gasteiger partial charge in [-0.1, -0.05) is 26.0 Å². The molecule has 0 radical (unpaired) electrons. The molecule has 1 saturated heterocycles. The number of hydrazone groups is 1. The predicted molar refractivity (Wildman–Crippen MR) is 145 cm³/mol. The summed E-state index contributed by atoms with van der Waals surface area (Å²) >= 11 is 0. The lowest BCUT2D eigenvalue weighted by Gasteiger charge is -2.31. The van der Waals surface area contributed by atoms with Crippen LogP contribution in [-0.2, 0) is 14.3 Å². The van der Waals surface area contributed by atoms with Gasteiger partial charge in [0.05, 0.1) is 39.2 Å². The first-order valence-corrected chi connectivity index (χ1v) is 13.2. The zero-order chi connectivity index (χ0) is 27.1. The van der Waals surface area contributed by atoms with Crippen LogP contribution in [0.2, 0.25) is 0 Å². The first kappa shape index (κ1) is 27.6. The summed E-state index contributed by atoms with van der Waals surface area (Å²) in [5.41, 5.74) is 2.71. The molecule has 9 nitrogen and oxygen atoms in total. The normalized spacial score (nSPS) is 17.9. The molecule has 1 atom stereocenters. The fourth-order valence-corrected chi connectivity index (χ4v) is 4.74. The summed E-state index contributed by atoms with van der Waals surface area (Å²) in [6, 6.07) is 15.1. The van der Waals surface area contributed by atoms with E-state index in [1.807, 2.05) is 62.4 Å². The van der Waals surface area contributed by atoms with Crippen molar-refractivity contribution < 1.29 is 23.8 Å². The Labute approximate surface area is 224 Å². The lowest BCUT2D eigenvalue weighted by atomic mass is 9.98. The van der Waals surface area contributed by atoms with Gasteiger partial charge in [0.2, 0.25) is 5.91 Å². The van der Waals surface area contributed by atoms with Crippen molar-refractivity contribution in [3.05, 3.63) is 59.7 Å². The van der Waals surface area contributed by atoms with Crippen molar-refractivity contribution in [3.63, 3.8) is 0 Å². The van der Waals surface area contributed by atoms with E-state index in [0.717, 1.165) is 41.4 Å². The third-order valence-corrected chi connectivity index (χ3v) is 7.01. The molecule has 2 aromatic rings. The molecule has 2 aliphatic rings. The van der Waals surface area contributed by atoms with Gasteiger partial charge in [-0.05, 0) is 47.5 Å². The standard InChI is InChI=1S/C29H38N4O5/c1-21(2)29(35)32(14-13-31-15-17-38-18-16-31)20-28(34)33-27(23-7-11-25(37-4)12-8-23)19-26(30-33)22-5-9-24(36-3)10-6-22/h5-12,21,27H,13-20H2,1-4H3. The summed E-state index contributed by atoms with van der Waals surface area (Å²) in [6.07, 6.45) is 0.566. The molecular weight excluding hydrogens is 484 g/mol. The number of benzene rings is 2. The zero-order valence-electron chi connectivity index (χ0n) is 22.8. The van der Waals surface area contributed by atoms with E-state index in [1.165, 1.54) is 0 Å². The van der Waals surface area contributed by atoms with E-state index < -0.39 is 0 Å². The minimum Gasteiger partial charge on any atom is -0.497 e. The average molecular weight is 523 g/mol. The second-order valence-corrected chi connectivity index (χ2v) is 9.88. The van der Waals surface area contributed by atoms with Gasteiger partial charge in [-0.3, -0.25) is 14.5 Å². The Bertz CT molecular complexity index is 1110. The molecule has 1 unspecified atom stereocenters. The number of rotatable bonds is 10. The van der Waals surface area contributed by atoms with Crippen LogP contribution >= 0.6 is 0 Å². The van der Waals surface area contributed by atoms with Gasteiger partial charge in [0, 0.05) is 38.5 Å². The van der Waals surface area contributed by atoms with Crippen LogP contribution in [0.15, 0.2) is 53.6 Å². The molecule has 9 heteroatoms. The van der Waals surface area contributed by atoms with E-state index in [-0.39, 0.29) is 30.3 Å². The van der Waals surface area contributed by atoms with Gasteiger partial charge < -0.3 is 19.1 Å². The van der Waals surface area contributed by atoms with E-state index in [2.05, 4.69) is 4.90 Å². The Balaban J connectivity index is 1.56. The fraction of sp³-hybridized carbons (Fsp3) is 0.483. The van der Waals surface area contributed by atoms with Crippen LogP contribution in [0.1, 0.15) is 37.4 Å². The lowest BCUT2D eigenvalue weighted by molar-refractivity contribution is -0.143. The number of carbonyl (C=O) groups excluding carboxylic acids is 2. The van der Waals surface area contributed by atoms with Crippen molar-refractivity contribution in [3.8, 4) is 11.5 Å². The molecule has 2 aliphatic heterocycles. The Morgan fingerprint density at radius 2 is 1.61 bits per heavy atom. The number of nitrogens with zero attached hydrogens (tertiary/aromatic N) is 4. The number of ether oxygens (including phenoxy) is 3. The smallest absolute Gasteiger partial charge is 0.262 e. The average Bonchev–Trinajstić information content (AvgIpc) is 3.41. The van der Waals surface area contributed by atoms with Crippen molar-refractivity contribution in [2.24, 2.45) is 11.0 Å². The Kier molecular flexibility index (Phi) is 9.36. The minimum atomic E-state index is -0.277. The highest BCUT2D eigenvalue weighted by atomic mass is 16.5. The molecule has 2 amide bonds. The highest BCUT2D eigenvalue weighted by Gasteiger charge is 2.35. The predicted octanol–water partition coefficient (Wildman–Crippen LogP) is 3.20. The van der Waals surface area contributed by atoms with E-state index >= 15 is 0 Å². The van der Waals surface area contributed by atoms with Crippen LogP contribution in [0.5, 0.6) is 11.5 Å². The summed E-state index contributed by atoms with van der Waals surface area (Å²) in [6.45, 7) is 7.95. The maximum atomic E-state index is 13.8. The second-order valence-electron chi connectivity index (χ2n) is 9.88. The summed E-state index contributed by atoms with van der Waals surface area (Å²) in [4.78, 5) is 30.8. The maximum Gasteiger partial charge on any atom is 0.262 e. The molecule has 2 aromatic carbocycles. The van der Waals surface area contributed by atoms with Gasteiger partial charge in [0.15, 0.2) is 0 Å². The zero-order valence-corrected chi connectivity index (χ0v) is 22.8. The Hall–Kier alpha value is -3.43. The van der Waals surface area contributed by atoms with Gasteiger partial charge in [-0.2, -0.15) is 5.10 Å². The molecule has 0 aromatic heterocycles. The SMILES string of the molecule is COc1ccc(C2=NN(C(=O)CN(CCN3CCOCC3)C(=O)C(C)C)C(c3ccc(OC)cc3)C2)cc1. The molecule has 0 bridgehead atoms. The van der Waals surface area contributed by atoms with E-state index in [9.17, 15) is 9.59 Å². The van der Waals surface area contributed by atoms with Gasteiger partial charge in [-0.25, -0.2) is 5.01 Å². The van der Waals surface area contributed by atoms with Gasteiger partial charge in [0.25, 0.3) is 5.91 Å². The third kappa shape index (κ3) is 6.71. The Morgan fingerprint density at radius 1 is 1.00 bits per heavy atom. The highest BCUT2D eigenvalue weighted by molar-refractivity contribution is 6.03. The monoisotopic (exact) mass is 522 g/mol.